The number of anilines is 2. The molecule has 0 radical (unpaired) electrons. The van der Waals surface area contributed by atoms with Gasteiger partial charge >= 0.3 is 0 Å². The van der Waals surface area contributed by atoms with Gasteiger partial charge in [0.1, 0.15) is 5.82 Å². The Kier molecular flexibility index (Phi) is 3.50. The summed E-state index contributed by atoms with van der Waals surface area (Å²) in [7, 11) is 2.13. The predicted molar refractivity (Wildman–Crippen MR) is 83.2 cm³/mol. The van der Waals surface area contributed by atoms with E-state index in [1.165, 1.54) is 0 Å². The highest BCUT2D eigenvalue weighted by atomic mass is 15.3. The molecule has 21 heavy (non-hydrogen) atoms. The fourth-order valence-corrected chi connectivity index (χ4v) is 2.71. The number of aryl methyl sites for hydroxylation is 2. The van der Waals surface area contributed by atoms with E-state index in [1.807, 2.05) is 19.9 Å². The molecule has 0 amide bonds. The van der Waals surface area contributed by atoms with Crippen LogP contribution in [0.25, 0.3) is 11.3 Å². The molecule has 3 N–H and O–H groups in total. The summed E-state index contributed by atoms with van der Waals surface area (Å²) < 4.78 is 0. The zero-order valence-electron chi connectivity index (χ0n) is 12.7. The summed E-state index contributed by atoms with van der Waals surface area (Å²) in [6, 6.07) is 2.01. The van der Waals surface area contributed by atoms with Crippen LogP contribution in [0.3, 0.4) is 0 Å². The number of aromatic nitrogens is 4. The molecule has 112 valence electrons. The Morgan fingerprint density at radius 2 is 1.86 bits per heavy atom. The number of aromatic amines is 1. The summed E-state index contributed by atoms with van der Waals surface area (Å²) in [5, 5.41) is 7.22. The third-order valence-electron chi connectivity index (χ3n) is 3.94. The maximum absolute atomic E-state index is 5.91. The van der Waals surface area contributed by atoms with E-state index in [9.17, 15) is 0 Å². The van der Waals surface area contributed by atoms with Crippen molar-refractivity contribution >= 4 is 11.8 Å². The van der Waals surface area contributed by atoms with Gasteiger partial charge in [-0.2, -0.15) is 10.1 Å². The topological polar surface area (TPSA) is 87.0 Å². The van der Waals surface area contributed by atoms with Gasteiger partial charge in [-0.1, -0.05) is 0 Å². The number of piperazine rings is 1. The summed E-state index contributed by atoms with van der Waals surface area (Å²) in [5.41, 5.74) is 9.68. The Bertz CT molecular complexity index is 621. The van der Waals surface area contributed by atoms with Crippen molar-refractivity contribution in [2.45, 2.75) is 13.8 Å². The summed E-state index contributed by atoms with van der Waals surface area (Å²) in [5.74, 6) is 1.20. The van der Waals surface area contributed by atoms with Crippen molar-refractivity contribution in [1.29, 1.82) is 0 Å². The first-order valence-electron chi connectivity index (χ1n) is 7.14. The van der Waals surface area contributed by atoms with E-state index in [0.29, 0.717) is 5.95 Å². The first-order valence-corrected chi connectivity index (χ1v) is 7.14. The zero-order chi connectivity index (χ0) is 15.0. The molecule has 1 fully saturated rings. The molecule has 0 bridgehead atoms. The monoisotopic (exact) mass is 287 g/mol. The number of nitrogens with two attached hydrogens (primary N) is 1. The van der Waals surface area contributed by atoms with Crippen LogP contribution in [0.4, 0.5) is 11.8 Å². The van der Waals surface area contributed by atoms with Crippen molar-refractivity contribution in [3.05, 3.63) is 17.5 Å². The highest BCUT2D eigenvalue weighted by molar-refractivity contribution is 5.68. The maximum atomic E-state index is 5.91. The highest BCUT2D eigenvalue weighted by Crippen LogP contribution is 2.27. The minimum Gasteiger partial charge on any atom is -0.368 e. The SMILES string of the molecule is Cc1n[nH]c(C)c1-c1cc(N2CCN(C)CC2)nc(N)n1. The number of hydrogen-bond acceptors (Lipinski definition) is 6. The lowest BCUT2D eigenvalue weighted by Gasteiger charge is -2.33. The van der Waals surface area contributed by atoms with Crippen LogP contribution in [0.1, 0.15) is 11.4 Å². The molecule has 7 nitrogen and oxygen atoms in total. The highest BCUT2D eigenvalue weighted by Gasteiger charge is 2.18. The molecule has 3 rings (SSSR count). The van der Waals surface area contributed by atoms with Gasteiger partial charge in [0, 0.05) is 43.5 Å². The van der Waals surface area contributed by atoms with Crippen molar-refractivity contribution in [3.8, 4) is 11.3 Å². The van der Waals surface area contributed by atoms with Crippen molar-refractivity contribution in [2.24, 2.45) is 0 Å². The summed E-state index contributed by atoms with van der Waals surface area (Å²) >= 11 is 0. The largest absolute Gasteiger partial charge is 0.368 e. The van der Waals surface area contributed by atoms with Gasteiger partial charge in [0.05, 0.1) is 11.4 Å². The quantitative estimate of drug-likeness (QED) is 0.850. The molecule has 1 aliphatic heterocycles. The third-order valence-corrected chi connectivity index (χ3v) is 3.94. The van der Waals surface area contributed by atoms with Gasteiger partial charge < -0.3 is 15.5 Å². The van der Waals surface area contributed by atoms with Crippen molar-refractivity contribution in [2.75, 3.05) is 43.9 Å². The molecule has 0 aromatic carbocycles. The van der Waals surface area contributed by atoms with E-state index in [2.05, 4.69) is 37.0 Å². The second kappa shape index (κ2) is 5.33. The van der Waals surface area contributed by atoms with Gasteiger partial charge in [-0.25, -0.2) is 4.98 Å². The Morgan fingerprint density at radius 3 is 2.48 bits per heavy atom. The Hall–Kier alpha value is -2.15. The predicted octanol–water partition coefficient (Wildman–Crippen LogP) is 0.818. The first kappa shape index (κ1) is 13.8. The van der Waals surface area contributed by atoms with Crippen LogP contribution in [0, 0.1) is 13.8 Å². The van der Waals surface area contributed by atoms with Gasteiger partial charge in [0.2, 0.25) is 5.95 Å². The van der Waals surface area contributed by atoms with Gasteiger partial charge in [0.25, 0.3) is 0 Å². The number of nitrogens with one attached hydrogen (secondary N) is 1. The molecule has 0 saturated carbocycles. The molecule has 3 heterocycles. The minimum absolute atomic E-state index is 0.307. The van der Waals surface area contributed by atoms with E-state index in [1.54, 1.807) is 0 Å². The number of nitrogen functional groups attached to an aromatic ring is 1. The lowest BCUT2D eigenvalue weighted by molar-refractivity contribution is 0.312. The van der Waals surface area contributed by atoms with Gasteiger partial charge in [-0.15, -0.1) is 0 Å². The van der Waals surface area contributed by atoms with Crippen LogP contribution in [0.15, 0.2) is 6.07 Å². The fourth-order valence-electron chi connectivity index (χ4n) is 2.71. The van der Waals surface area contributed by atoms with Crippen LogP contribution in [-0.4, -0.2) is 58.3 Å². The van der Waals surface area contributed by atoms with E-state index in [-0.39, 0.29) is 0 Å². The molecule has 0 unspecified atom stereocenters. The molecular formula is C14H21N7. The fraction of sp³-hybridized carbons (Fsp3) is 0.500. The van der Waals surface area contributed by atoms with Crippen LogP contribution >= 0.6 is 0 Å². The zero-order valence-corrected chi connectivity index (χ0v) is 12.7. The number of nitrogens with zero attached hydrogens (tertiary/aromatic N) is 5. The van der Waals surface area contributed by atoms with Crippen LogP contribution in [-0.2, 0) is 0 Å². The van der Waals surface area contributed by atoms with Crippen molar-refractivity contribution < 1.29 is 0 Å². The van der Waals surface area contributed by atoms with E-state index in [0.717, 1.165) is 54.6 Å². The Labute approximate surface area is 124 Å². The van der Waals surface area contributed by atoms with Crippen molar-refractivity contribution in [1.82, 2.24) is 25.1 Å². The number of likely N-dealkylation sites (N-methyl/N-ethyl adjacent to an activating group) is 1. The van der Waals surface area contributed by atoms with Crippen LogP contribution in [0.2, 0.25) is 0 Å². The van der Waals surface area contributed by atoms with Crippen LogP contribution < -0.4 is 10.6 Å². The maximum Gasteiger partial charge on any atom is 0.222 e. The van der Waals surface area contributed by atoms with Gasteiger partial charge in [-0.05, 0) is 20.9 Å². The molecule has 0 atom stereocenters. The molecule has 7 heteroatoms. The molecule has 0 aliphatic carbocycles. The molecule has 1 saturated heterocycles. The molecule has 2 aromatic heterocycles. The third kappa shape index (κ3) is 2.69. The molecular weight excluding hydrogens is 266 g/mol. The standard InChI is InChI=1S/C14H21N7/c1-9-13(10(2)19-18-9)11-8-12(17-14(15)16-11)21-6-4-20(3)5-7-21/h8H,4-7H2,1-3H3,(H,18,19)(H2,15,16,17). The van der Waals surface area contributed by atoms with Gasteiger partial charge in [-0.3, -0.25) is 5.10 Å². The molecule has 2 aromatic rings. The number of H-pyrrole nitrogens is 1. The Balaban J connectivity index is 1.97. The molecule has 0 spiro atoms. The van der Waals surface area contributed by atoms with Gasteiger partial charge in [0.15, 0.2) is 0 Å². The Morgan fingerprint density at radius 1 is 1.14 bits per heavy atom. The second-order valence-electron chi connectivity index (χ2n) is 5.57. The first-order chi connectivity index (χ1) is 10.0. The summed E-state index contributed by atoms with van der Waals surface area (Å²) in [6.07, 6.45) is 0. The number of hydrogen-bond donors (Lipinski definition) is 2. The number of rotatable bonds is 2. The lowest BCUT2D eigenvalue weighted by Crippen LogP contribution is -2.44. The van der Waals surface area contributed by atoms with Crippen LogP contribution in [0.5, 0.6) is 0 Å². The average Bonchev–Trinajstić information content (AvgIpc) is 2.78. The van der Waals surface area contributed by atoms with E-state index >= 15 is 0 Å². The average molecular weight is 287 g/mol. The summed E-state index contributed by atoms with van der Waals surface area (Å²) in [6.45, 7) is 7.92. The summed E-state index contributed by atoms with van der Waals surface area (Å²) in [4.78, 5) is 13.3. The molecule has 1 aliphatic rings. The smallest absolute Gasteiger partial charge is 0.222 e. The van der Waals surface area contributed by atoms with E-state index in [4.69, 9.17) is 5.73 Å². The normalized spacial score (nSPS) is 16.4. The minimum atomic E-state index is 0.307. The second-order valence-corrected chi connectivity index (χ2v) is 5.57. The lowest BCUT2D eigenvalue weighted by atomic mass is 10.1. The van der Waals surface area contributed by atoms with E-state index < -0.39 is 0 Å². The van der Waals surface area contributed by atoms with Crippen molar-refractivity contribution in [3.63, 3.8) is 0 Å².